The first-order chi connectivity index (χ1) is 9.70. The summed E-state index contributed by atoms with van der Waals surface area (Å²) in [6.45, 7) is 3.32. The van der Waals surface area contributed by atoms with Crippen LogP contribution in [0.1, 0.15) is 38.0 Å². The SMILES string of the molecule is CCCCC(N)C(=O)Nc1ccc(C2OCCO2)cc1. The van der Waals surface area contributed by atoms with Crippen LogP contribution in [0.25, 0.3) is 0 Å². The molecule has 0 aromatic heterocycles. The summed E-state index contributed by atoms with van der Waals surface area (Å²) < 4.78 is 10.8. The van der Waals surface area contributed by atoms with Gasteiger partial charge in [0.2, 0.25) is 5.91 Å². The molecule has 1 fully saturated rings. The number of amides is 1. The largest absolute Gasteiger partial charge is 0.346 e. The van der Waals surface area contributed by atoms with Gasteiger partial charge in [-0.1, -0.05) is 31.9 Å². The highest BCUT2D eigenvalue weighted by atomic mass is 16.7. The fraction of sp³-hybridized carbons (Fsp3) is 0.533. The van der Waals surface area contributed by atoms with Gasteiger partial charge in [0, 0.05) is 11.3 Å². The summed E-state index contributed by atoms with van der Waals surface area (Å²) in [5.41, 5.74) is 7.52. The zero-order valence-corrected chi connectivity index (χ0v) is 11.8. The van der Waals surface area contributed by atoms with Gasteiger partial charge in [-0.25, -0.2) is 0 Å². The van der Waals surface area contributed by atoms with Crippen molar-refractivity contribution >= 4 is 11.6 Å². The first-order valence-corrected chi connectivity index (χ1v) is 7.10. The zero-order valence-electron chi connectivity index (χ0n) is 11.8. The van der Waals surface area contributed by atoms with Crippen molar-refractivity contribution < 1.29 is 14.3 Å². The van der Waals surface area contributed by atoms with Gasteiger partial charge in [0.1, 0.15) is 0 Å². The second-order valence-electron chi connectivity index (χ2n) is 4.93. The van der Waals surface area contributed by atoms with E-state index in [1.54, 1.807) is 0 Å². The predicted octanol–water partition coefficient (Wildman–Crippen LogP) is 2.19. The van der Waals surface area contributed by atoms with Gasteiger partial charge >= 0.3 is 0 Å². The number of anilines is 1. The monoisotopic (exact) mass is 278 g/mol. The standard InChI is InChI=1S/C15H22N2O3/c1-2-3-4-13(16)14(18)17-12-7-5-11(6-8-12)15-19-9-10-20-15/h5-8,13,15H,2-4,9-10,16H2,1H3,(H,17,18). The number of benzene rings is 1. The van der Waals surface area contributed by atoms with Crippen LogP contribution in [0, 0.1) is 0 Å². The molecule has 1 unspecified atom stereocenters. The lowest BCUT2D eigenvalue weighted by Gasteiger charge is -2.13. The van der Waals surface area contributed by atoms with Crippen LogP contribution in [0.5, 0.6) is 0 Å². The van der Waals surface area contributed by atoms with E-state index in [1.807, 2.05) is 24.3 Å². The molecule has 0 spiro atoms. The van der Waals surface area contributed by atoms with Crippen LogP contribution in [-0.2, 0) is 14.3 Å². The fourth-order valence-electron chi connectivity index (χ4n) is 2.06. The predicted molar refractivity (Wildman–Crippen MR) is 77.2 cm³/mol. The van der Waals surface area contributed by atoms with Gasteiger partial charge in [-0.15, -0.1) is 0 Å². The van der Waals surface area contributed by atoms with E-state index >= 15 is 0 Å². The molecule has 1 aliphatic rings. The summed E-state index contributed by atoms with van der Waals surface area (Å²) in [4.78, 5) is 11.9. The van der Waals surface area contributed by atoms with Gasteiger partial charge in [0.15, 0.2) is 6.29 Å². The van der Waals surface area contributed by atoms with Crippen molar-refractivity contribution in [2.24, 2.45) is 5.73 Å². The highest BCUT2D eigenvalue weighted by Gasteiger charge is 2.18. The van der Waals surface area contributed by atoms with Crippen molar-refractivity contribution in [2.45, 2.75) is 38.5 Å². The molecule has 1 aliphatic heterocycles. The van der Waals surface area contributed by atoms with Gasteiger partial charge in [-0.2, -0.15) is 0 Å². The quantitative estimate of drug-likeness (QED) is 0.836. The second kappa shape index (κ2) is 7.38. The van der Waals surface area contributed by atoms with E-state index in [0.29, 0.717) is 19.6 Å². The Hall–Kier alpha value is -1.43. The van der Waals surface area contributed by atoms with E-state index in [0.717, 1.165) is 24.1 Å². The Bertz CT molecular complexity index is 427. The van der Waals surface area contributed by atoms with Crippen LogP contribution in [0.15, 0.2) is 24.3 Å². The topological polar surface area (TPSA) is 73.6 Å². The minimum absolute atomic E-state index is 0.139. The van der Waals surface area contributed by atoms with Crippen molar-refractivity contribution in [3.63, 3.8) is 0 Å². The summed E-state index contributed by atoms with van der Waals surface area (Å²) in [7, 11) is 0. The number of hydrogen-bond donors (Lipinski definition) is 2. The molecule has 1 aromatic rings. The summed E-state index contributed by atoms with van der Waals surface area (Å²) in [5.74, 6) is -0.139. The zero-order chi connectivity index (χ0) is 14.4. The van der Waals surface area contributed by atoms with Gasteiger partial charge in [-0.3, -0.25) is 4.79 Å². The van der Waals surface area contributed by atoms with Crippen LogP contribution in [-0.4, -0.2) is 25.2 Å². The van der Waals surface area contributed by atoms with E-state index in [-0.39, 0.29) is 12.2 Å². The highest BCUT2D eigenvalue weighted by Crippen LogP contribution is 2.24. The molecule has 1 saturated heterocycles. The number of hydrogen-bond acceptors (Lipinski definition) is 4. The first-order valence-electron chi connectivity index (χ1n) is 7.10. The van der Waals surface area contributed by atoms with E-state index in [9.17, 15) is 4.79 Å². The van der Waals surface area contributed by atoms with Crippen molar-refractivity contribution in [3.8, 4) is 0 Å². The normalized spacial score (nSPS) is 17.1. The number of unbranched alkanes of at least 4 members (excludes halogenated alkanes) is 1. The maximum Gasteiger partial charge on any atom is 0.241 e. The first kappa shape index (κ1) is 15.0. The second-order valence-corrected chi connectivity index (χ2v) is 4.93. The molecule has 20 heavy (non-hydrogen) atoms. The van der Waals surface area contributed by atoms with Gasteiger partial charge in [0.05, 0.1) is 19.3 Å². The van der Waals surface area contributed by atoms with Crippen molar-refractivity contribution in [2.75, 3.05) is 18.5 Å². The van der Waals surface area contributed by atoms with Gasteiger partial charge in [-0.05, 0) is 18.6 Å². The van der Waals surface area contributed by atoms with E-state index in [2.05, 4.69) is 12.2 Å². The summed E-state index contributed by atoms with van der Waals surface area (Å²) in [6, 6.07) is 7.01. The number of nitrogens with one attached hydrogen (secondary N) is 1. The molecular formula is C15H22N2O3. The lowest BCUT2D eigenvalue weighted by atomic mass is 10.1. The molecule has 5 heteroatoms. The van der Waals surface area contributed by atoms with Gasteiger partial charge < -0.3 is 20.5 Å². The number of carbonyl (C=O) groups excluding carboxylic acids is 1. The fourth-order valence-corrected chi connectivity index (χ4v) is 2.06. The summed E-state index contributed by atoms with van der Waals surface area (Å²) >= 11 is 0. The third kappa shape index (κ3) is 4.03. The third-order valence-corrected chi connectivity index (χ3v) is 3.28. The van der Waals surface area contributed by atoms with E-state index in [1.165, 1.54) is 0 Å². The average molecular weight is 278 g/mol. The minimum Gasteiger partial charge on any atom is -0.346 e. The minimum atomic E-state index is -0.448. The molecule has 1 atom stereocenters. The lowest BCUT2D eigenvalue weighted by molar-refractivity contribution is -0.117. The van der Waals surface area contributed by atoms with Crippen LogP contribution >= 0.6 is 0 Å². The molecule has 1 aromatic carbocycles. The molecule has 0 aliphatic carbocycles. The lowest BCUT2D eigenvalue weighted by Crippen LogP contribution is -2.35. The van der Waals surface area contributed by atoms with Crippen molar-refractivity contribution in [1.82, 2.24) is 0 Å². The molecule has 110 valence electrons. The third-order valence-electron chi connectivity index (χ3n) is 3.28. The van der Waals surface area contributed by atoms with Crippen molar-refractivity contribution in [3.05, 3.63) is 29.8 Å². The number of rotatable bonds is 6. The molecule has 1 heterocycles. The molecule has 0 bridgehead atoms. The van der Waals surface area contributed by atoms with Crippen LogP contribution in [0.2, 0.25) is 0 Å². The van der Waals surface area contributed by atoms with Crippen molar-refractivity contribution in [1.29, 1.82) is 0 Å². The Morgan fingerprint density at radius 1 is 1.35 bits per heavy atom. The molecule has 3 N–H and O–H groups in total. The van der Waals surface area contributed by atoms with E-state index in [4.69, 9.17) is 15.2 Å². The molecule has 1 amide bonds. The van der Waals surface area contributed by atoms with Crippen LogP contribution < -0.4 is 11.1 Å². The molecule has 0 radical (unpaired) electrons. The Kier molecular flexibility index (Phi) is 5.52. The Labute approximate surface area is 119 Å². The molecular weight excluding hydrogens is 256 g/mol. The Morgan fingerprint density at radius 3 is 2.60 bits per heavy atom. The molecule has 2 rings (SSSR count). The maximum atomic E-state index is 11.9. The van der Waals surface area contributed by atoms with Crippen LogP contribution in [0.3, 0.4) is 0 Å². The smallest absolute Gasteiger partial charge is 0.241 e. The molecule has 0 saturated carbocycles. The highest BCUT2D eigenvalue weighted by molar-refractivity contribution is 5.94. The van der Waals surface area contributed by atoms with Crippen LogP contribution in [0.4, 0.5) is 5.69 Å². The number of ether oxygens (including phenoxy) is 2. The number of carbonyl (C=O) groups is 1. The Morgan fingerprint density at radius 2 is 2.00 bits per heavy atom. The van der Waals surface area contributed by atoms with Gasteiger partial charge in [0.25, 0.3) is 0 Å². The molecule has 5 nitrogen and oxygen atoms in total. The average Bonchev–Trinajstić information content (AvgIpc) is 2.99. The van der Waals surface area contributed by atoms with E-state index < -0.39 is 6.04 Å². The number of nitrogens with two attached hydrogens (primary N) is 1. The maximum absolute atomic E-state index is 11.9. The summed E-state index contributed by atoms with van der Waals surface area (Å²) in [5, 5.41) is 2.82. The Balaban J connectivity index is 1.88. The summed E-state index contributed by atoms with van der Waals surface area (Å²) in [6.07, 6.45) is 2.43.